The van der Waals surface area contributed by atoms with E-state index in [1.165, 1.54) is 0 Å². The zero-order valence-corrected chi connectivity index (χ0v) is 12.8. The van der Waals surface area contributed by atoms with Crippen LogP contribution in [0.5, 0.6) is 0 Å². The minimum absolute atomic E-state index is 0.329. The average molecular weight is 289 g/mol. The van der Waals surface area contributed by atoms with Crippen molar-refractivity contribution in [1.29, 1.82) is 0 Å². The summed E-state index contributed by atoms with van der Waals surface area (Å²) in [5, 5.41) is 0. The molecule has 3 heteroatoms. The van der Waals surface area contributed by atoms with Crippen molar-refractivity contribution < 1.29 is 4.43 Å². The SMILES string of the molecule is C=CCCC#CC(C)(C)O[Si](C)(C)CBr. The summed E-state index contributed by atoms with van der Waals surface area (Å²) in [6.07, 6.45) is 3.70. The topological polar surface area (TPSA) is 9.23 Å². The van der Waals surface area contributed by atoms with Crippen LogP contribution < -0.4 is 0 Å². The molecule has 0 unspecified atom stereocenters. The van der Waals surface area contributed by atoms with Gasteiger partial charge in [-0.1, -0.05) is 27.9 Å². The van der Waals surface area contributed by atoms with E-state index in [1.807, 2.05) is 19.9 Å². The van der Waals surface area contributed by atoms with Gasteiger partial charge in [0.25, 0.3) is 0 Å². The van der Waals surface area contributed by atoms with Crippen LogP contribution in [0.3, 0.4) is 0 Å². The van der Waals surface area contributed by atoms with E-state index in [4.69, 9.17) is 4.43 Å². The standard InChI is InChI=1S/C12H21BrOSi/c1-6-7-8-9-10-12(2,3)14-15(4,5)11-13/h6H,1,7-8,11H2,2-5H3. The summed E-state index contributed by atoms with van der Waals surface area (Å²) in [5.41, 5.74) is -0.329. The van der Waals surface area contributed by atoms with Crippen LogP contribution in [0.25, 0.3) is 0 Å². The summed E-state index contributed by atoms with van der Waals surface area (Å²) in [6, 6.07) is 0. The summed E-state index contributed by atoms with van der Waals surface area (Å²) >= 11 is 3.49. The number of rotatable bonds is 5. The summed E-state index contributed by atoms with van der Waals surface area (Å²) in [7, 11) is -1.59. The number of allylic oxidation sites excluding steroid dienone is 1. The van der Waals surface area contributed by atoms with E-state index in [-0.39, 0.29) is 5.60 Å². The molecule has 0 aromatic rings. The van der Waals surface area contributed by atoms with E-state index in [1.54, 1.807) is 0 Å². The highest BCUT2D eigenvalue weighted by Crippen LogP contribution is 2.18. The number of hydrogen-bond acceptors (Lipinski definition) is 1. The Morgan fingerprint density at radius 3 is 2.53 bits per heavy atom. The van der Waals surface area contributed by atoms with Gasteiger partial charge in [-0.3, -0.25) is 0 Å². The second-order valence-electron chi connectivity index (χ2n) is 4.63. The van der Waals surface area contributed by atoms with Crippen molar-refractivity contribution in [3.05, 3.63) is 12.7 Å². The maximum atomic E-state index is 6.05. The predicted octanol–water partition coefficient (Wildman–Crippen LogP) is 3.89. The number of unbranched alkanes of at least 4 members (excludes halogenated alkanes) is 1. The molecule has 0 saturated heterocycles. The molecule has 0 amide bonds. The highest BCUT2D eigenvalue weighted by atomic mass is 79.9. The maximum absolute atomic E-state index is 6.05. The molecule has 0 N–H and O–H groups in total. The van der Waals surface area contributed by atoms with Crippen LogP contribution in [-0.4, -0.2) is 18.9 Å². The molecule has 0 fully saturated rings. The van der Waals surface area contributed by atoms with Crippen molar-refractivity contribution >= 4 is 24.2 Å². The monoisotopic (exact) mass is 288 g/mol. The second kappa shape index (κ2) is 6.52. The fourth-order valence-electron chi connectivity index (χ4n) is 1.19. The van der Waals surface area contributed by atoms with Gasteiger partial charge in [-0.2, -0.15) is 0 Å². The zero-order valence-electron chi connectivity index (χ0n) is 10.2. The van der Waals surface area contributed by atoms with E-state index >= 15 is 0 Å². The molecule has 1 nitrogen and oxygen atoms in total. The van der Waals surface area contributed by atoms with Gasteiger partial charge in [0.15, 0.2) is 8.32 Å². The fraction of sp³-hybridized carbons (Fsp3) is 0.667. The van der Waals surface area contributed by atoms with Crippen LogP contribution in [0.4, 0.5) is 0 Å². The number of alkyl halides is 1. The number of hydrogen-bond donors (Lipinski definition) is 0. The molecular weight excluding hydrogens is 268 g/mol. The average Bonchev–Trinajstić information content (AvgIpc) is 2.11. The Hall–Kier alpha value is -0.0431. The Morgan fingerprint density at radius 1 is 1.47 bits per heavy atom. The van der Waals surface area contributed by atoms with Gasteiger partial charge in [0, 0.05) is 11.4 Å². The third-order valence-electron chi connectivity index (χ3n) is 1.72. The molecule has 0 rings (SSSR count). The lowest BCUT2D eigenvalue weighted by Gasteiger charge is -2.30. The van der Waals surface area contributed by atoms with Crippen LogP contribution in [0.15, 0.2) is 12.7 Å². The molecule has 0 spiro atoms. The molecule has 86 valence electrons. The summed E-state index contributed by atoms with van der Waals surface area (Å²) in [4.78, 5) is 0.942. The van der Waals surface area contributed by atoms with Crippen LogP contribution >= 0.6 is 15.9 Å². The van der Waals surface area contributed by atoms with Crippen molar-refractivity contribution in [3.63, 3.8) is 0 Å². The molecule has 0 heterocycles. The molecule has 0 saturated carbocycles. The lowest BCUT2D eigenvalue weighted by Crippen LogP contribution is -2.41. The zero-order chi connectivity index (χ0) is 11.9. The first-order chi connectivity index (χ1) is 6.83. The summed E-state index contributed by atoms with van der Waals surface area (Å²) in [6.45, 7) is 12.1. The van der Waals surface area contributed by atoms with Crippen molar-refractivity contribution in [2.75, 3.05) is 4.95 Å². The Labute approximate surface area is 104 Å². The van der Waals surface area contributed by atoms with Gasteiger partial charge < -0.3 is 4.43 Å². The molecule has 0 bridgehead atoms. The van der Waals surface area contributed by atoms with Gasteiger partial charge in [-0.15, -0.1) is 12.5 Å². The summed E-state index contributed by atoms with van der Waals surface area (Å²) < 4.78 is 6.05. The van der Waals surface area contributed by atoms with Crippen molar-refractivity contribution in [3.8, 4) is 11.8 Å². The maximum Gasteiger partial charge on any atom is 0.199 e. The van der Waals surface area contributed by atoms with Crippen molar-refractivity contribution in [2.24, 2.45) is 0 Å². The van der Waals surface area contributed by atoms with Crippen molar-refractivity contribution in [1.82, 2.24) is 0 Å². The fourth-order valence-corrected chi connectivity index (χ4v) is 3.02. The molecule has 0 atom stereocenters. The van der Waals surface area contributed by atoms with E-state index in [2.05, 4.69) is 47.4 Å². The van der Waals surface area contributed by atoms with Gasteiger partial charge in [0.2, 0.25) is 0 Å². The van der Waals surface area contributed by atoms with Gasteiger partial charge in [-0.05, 0) is 33.4 Å². The van der Waals surface area contributed by atoms with Gasteiger partial charge in [-0.25, -0.2) is 0 Å². The van der Waals surface area contributed by atoms with Crippen LogP contribution in [0, 0.1) is 11.8 Å². The first-order valence-electron chi connectivity index (χ1n) is 5.20. The molecule has 0 aromatic heterocycles. The van der Waals surface area contributed by atoms with Crippen LogP contribution in [0.1, 0.15) is 26.7 Å². The molecule has 0 aliphatic heterocycles. The quantitative estimate of drug-likeness (QED) is 0.245. The molecule has 0 aliphatic rings. The Bertz CT molecular complexity index is 261. The highest BCUT2D eigenvalue weighted by Gasteiger charge is 2.28. The van der Waals surface area contributed by atoms with Crippen LogP contribution in [-0.2, 0) is 4.43 Å². The molecule has 0 radical (unpaired) electrons. The number of halogens is 1. The largest absolute Gasteiger partial charge is 0.401 e. The molecular formula is C12H21BrOSi. The van der Waals surface area contributed by atoms with E-state index in [0.717, 1.165) is 17.8 Å². The van der Waals surface area contributed by atoms with Crippen LogP contribution in [0.2, 0.25) is 13.1 Å². The summed E-state index contributed by atoms with van der Waals surface area (Å²) in [5.74, 6) is 6.31. The molecule has 0 aromatic carbocycles. The minimum Gasteiger partial charge on any atom is -0.401 e. The van der Waals surface area contributed by atoms with Gasteiger partial charge >= 0.3 is 0 Å². The minimum atomic E-state index is -1.59. The molecule has 15 heavy (non-hydrogen) atoms. The van der Waals surface area contributed by atoms with Crippen molar-refractivity contribution in [2.45, 2.75) is 45.4 Å². The molecule has 0 aliphatic carbocycles. The second-order valence-corrected chi connectivity index (χ2v) is 10.3. The Kier molecular flexibility index (Phi) is 6.50. The first-order valence-corrected chi connectivity index (χ1v) is 9.44. The normalized spacial score (nSPS) is 11.8. The Balaban J connectivity index is 4.27. The third-order valence-corrected chi connectivity index (χ3v) is 7.47. The Morgan fingerprint density at radius 2 is 2.07 bits per heavy atom. The lowest BCUT2D eigenvalue weighted by molar-refractivity contribution is 0.164. The lowest BCUT2D eigenvalue weighted by atomic mass is 10.1. The predicted molar refractivity (Wildman–Crippen MR) is 73.6 cm³/mol. The third kappa shape index (κ3) is 7.84. The van der Waals surface area contributed by atoms with E-state index in [0.29, 0.717) is 0 Å². The van der Waals surface area contributed by atoms with Gasteiger partial charge in [0.1, 0.15) is 5.60 Å². The smallest absolute Gasteiger partial charge is 0.199 e. The highest BCUT2D eigenvalue weighted by molar-refractivity contribution is 9.09. The first kappa shape index (κ1) is 15.0. The van der Waals surface area contributed by atoms with E-state index in [9.17, 15) is 0 Å². The van der Waals surface area contributed by atoms with Gasteiger partial charge in [0.05, 0.1) is 0 Å². The van der Waals surface area contributed by atoms with E-state index < -0.39 is 8.32 Å².